The first kappa shape index (κ1) is 12.2. The quantitative estimate of drug-likeness (QED) is 0.622. The minimum atomic E-state index is -0.913. The molecule has 0 saturated heterocycles. The Kier molecular flexibility index (Phi) is 3.51. The van der Waals surface area contributed by atoms with Crippen molar-refractivity contribution >= 4 is 17.7 Å². The predicted molar refractivity (Wildman–Crippen MR) is 64.4 cm³/mol. The highest BCUT2D eigenvalue weighted by Crippen LogP contribution is 2.22. The molecular formula is C11H14N2O3S. The van der Waals surface area contributed by atoms with Crippen molar-refractivity contribution in [1.82, 2.24) is 9.97 Å². The minimum absolute atomic E-state index is 0.0852. The van der Waals surface area contributed by atoms with Crippen LogP contribution in [0.25, 0.3) is 0 Å². The number of aryl methyl sites for hydroxylation is 1. The van der Waals surface area contributed by atoms with E-state index in [1.165, 1.54) is 0 Å². The molecule has 0 aromatic carbocycles. The summed E-state index contributed by atoms with van der Waals surface area (Å²) in [5, 5.41) is 8.98. The van der Waals surface area contributed by atoms with Gasteiger partial charge in [0.1, 0.15) is 0 Å². The van der Waals surface area contributed by atoms with Crippen LogP contribution in [0.2, 0.25) is 0 Å². The van der Waals surface area contributed by atoms with Crippen LogP contribution in [0.1, 0.15) is 24.6 Å². The molecule has 0 amide bonds. The summed E-state index contributed by atoms with van der Waals surface area (Å²) in [7, 11) is 0. The third kappa shape index (κ3) is 2.88. The Bertz CT molecular complexity index is 498. The van der Waals surface area contributed by atoms with Gasteiger partial charge in [-0.1, -0.05) is 18.7 Å². The van der Waals surface area contributed by atoms with Gasteiger partial charge in [-0.3, -0.25) is 9.59 Å². The van der Waals surface area contributed by atoms with Crippen molar-refractivity contribution in [3.63, 3.8) is 0 Å². The number of nitrogens with zero attached hydrogens (tertiary/aromatic N) is 1. The lowest BCUT2D eigenvalue weighted by Gasteiger charge is -2.19. The third-order valence-electron chi connectivity index (χ3n) is 2.84. The summed E-state index contributed by atoms with van der Waals surface area (Å²) < 4.78 is 0. The van der Waals surface area contributed by atoms with Crippen molar-refractivity contribution < 1.29 is 9.90 Å². The predicted octanol–water partition coefficient (Wildman–Crippen LogP) is 1.07. The number of aromatic amines is 1. The van der Waals surface area contributed by atoms with E-state index in [0.717, 1.165) is 42.3 Å². The van der Waals surface area contributed by atoms with E-state index in [2.05, 4.69) is 16.9 Å². The summed E-state index contributed by atoms with van der Waals surface area (Å²) in [5.74, 6) is -0.482. The molecule has 1 aliphatic carbocycles. The number of fused-ring (bicyclic) bond motifs is 1. The second-order valence-electron chi connectivity index (χ2n) is 4.33. The number of nitrogens with one attached hydrogen (secondary N) is 1. The maximum absolute atomic E-state index is 11.8. The lowest BCUT2D eigenvalue weighted by atomic mass is 9.89. The average molecular weight is 254 g/mol. The molecule has 1 aromatic heterocycles. The smallest absolute Gasteiger partial charge is 0.313 e. The van der Waals surface area contributed by atoms with Crippen molar-refractivity contribution in [3.05, 3.63) is 21.6 Å². The summed E-state index contributed by atoms with van der Waals surface area (Å²) in [4.78, 5) is 29.2. The van der Waals surface area contributed by atoms with Gasteiger partial charge in [-0.05, 0) is 25.2 Å². The molecule has 1 unspecified atom stereocenters. The number of H-pyrrole nitrogens is 1. The molecule has 92 valence electrons. The number of hydrogen-bond donors (Lipinski definition) is 2. The zero-order valence-electron chi connectivity index (χ0n) is 9.52. The monoisotopic (exact) mass is 254 g/mol. The highest BCUT2D eigenvalue weighted by Gasteiger charge is 2.20. The summed E-state index contributed by atoms with van der Waals surface area (Å²) in [6, 6.07) is 0. The third-order valence-corrected chi connectivity index (χ3v) is 3.70. The van der Waals surface area contributed by atoms with Crippen LogP contribution < -0.4 is 5.56 Å². The van der Waals surface area contributed by atoms with E-state index in [0.29, 0.717) is 11.1 Å². The Morgan fingerprint density at radius 2 is 2.41 bits per heavy atom. The van der Waals surface area contributed by atoms with Gasteiger partial charge in [-0.2, -0.15) is 0 Å². The summed E-state index contributed by atoms with van der Waals surface area (Å²) in [5.41, 5.74) is 1.48. The Labute approximate surface area is 103 Å². The van der Waals surface area contributed by atoms with Crippen LogP contribution in [-0.4, -0.2) is 26.8 Å². The van der Waals surface area contributed by atoms with Crippen molar-refractivity contribution in [2.75, 3.05) is 5.75 Å². The van der Waals surface area contributed by atoms with Crippen LogP contribution in [0.5, 0.6) is 0 Å². The molecule has 6 heteroatoms. The molecule has 1 atom stereocenters. The Hall–Kier alpha value is -1.30. The zero-order chi connectivity index (χ0) is 12.4. The standard InChI is InChI=1S/C11H14N2O3S/c1-6-2-3-8-7(4-6)10(16)13-11(12-8)17-5-9(14)15/h6H,2-5H2,1H3,(H,14,15)(H,12,13,16). The van der Waals surface area contributed by atoms with Gasteiger partial charge in [0.25, 0.3) is 5.56 Å². The van der Waals surface area contributed by atoms with Crippen molar-refractivity contribution in [1.29, 1.82) is 0 Å². The number of thioether (sulfide) groups is 1. The van der Waals surface area contributed by atoms with Crippen molar-refractivity contribution in [2.45, 2.75) is 31.3 Å². The molecule has 1 heterocycles. The van der Waals surface area contributed by atoms with E-state index in [-0.39, 0.29) is 11.3 Å². The molecule has 0 aliphatic heterocycles. The van der Waals surface area contributed by atoms with Crippen LogP contribution in [-0.2, 0) is 17.6 Å². The van der Waals surface area contributed by atoms with E-state index in [9.17, 15) is 9.59 Å². The van der Waals surface area contributed by atoms with E-state index >= 15 is 0 Å². The largest absolute Gasteiger partial charge is 0.481 e. The SMILES string of the molecule is CC1CCc2nc(SCC(=O)O)[nH]c(=O)c2C1. The van der Waals surface area contributed by atoms with Crippen LogP contribution in [0.3, 0.4) is 0 Å². The van der Waals surface area contributed by atoms with Gasteiger partial charge in [0.15, 0.2) is 5.16 Å². The molecule has 1 aliphatic rings. The van der Waals surface area contributed by atoms with Gasteiger partial charge in [0.2, 0.25) is 0 Å². The second kappa shape index (κ2) is 4.91. The van der Waals surface area contributed by atoms with Crippen molar-refractivity contribution in [3.8, 4) is 0 Å². The minimum Gasteiger partial charge on any atom is -0.481 e. The highest BCUT2D eigenvalue weighted by atomic mass is 32.2. The normalized spacial score (nSPS) is 18.8. The zero-order valence-corrected chi connectivity index (χ0v) is 10.3. The fourth-order valence-electron chi connectivity index (χ4n) is 1.97. The van der Waals surface area contributed by atoms with Crippen LogP contribution in [0.15, 0.2) is 9.95 Å². The first-order chi connectivity index (χ1) is 8.06. The van der Waals surface area contributed by atoms with Gasteiger partial charge in [0.05, 0.1) is 11.4 Å². The number of aromatic nitrogens is 2. The molecule has 2 rings (SSSR count). The lowest BCUT2D eigenvalue weighted by Crippen LogP contribution is -2.25. The molecular weight excluding hydrogens is 240 g/mol. The number of rotatable bonds is 3. The Morgan fingerprint density at radius 3 is 3.12 bits per heavy atom. The summed E-state index contributed by atoms with van der Waals surface area (Å²) >= 11 is 1.05. The molecule has 0 bridgehead atoms. The molecule has 0 spiro atoms. The van der Waals surface area contributed by atoms with Gasteiger partial charge in [0, 0.05) is 5.56 Å². The lowest BCUT2D eigenvalue weighted by molar-refractivity contribution is -0.133. The number of carboxylic acid groups (broad SMARTS) is 1. The topological polar surface area (TPSA) is 83.0 Å². The van der Waals surface area contributed by atoms with Crippen molar-refractivity contribution in [2.24, 2.45) is 5.92 Å². The molecule has 2 N–H and O–H groups in total. The average Bonchev–Trinajstić information content (AvgIpc) is 2.27. The van der Waals surface area contributed by atoms with Gasteiger partial charge < -0.3 is 10.1 Å². The highest BCUT2D eigenvalue weighted by molar-refractivity contribution is 7.99. The van der Waals surface area contributed by atoms with Gasteiger partial charge >= 0.3 is 5.97 Å². The van der Waals surface area contributed by atoms with E-state index in [4.69, 9.17) is 5.11 Å². The Balaban J connectivity index is 2.25. The number of carbonyl (C=O) groups is 1. The molecule has 0 saturated carbocycles. The number of hydrogen-bond acceptors (Lipinski definition) is 4. The number of carboxylic acids is 1. The molecule has 5 nitrogen and oxygen atoms in total. The fourth-order valence-corrected chi connectivity index (χ4v) is 2.57. The first-order valence-corrected chi connectivity index (χ1v) is 6.51. The Morgan fingerprint density at radius 1 is 1.65 bits per heavy atom. The maximum Gasteiger partial charge on any atom is 0.313 e. The number of aliphatic carboxylic acids is 1. The first-order valence-electron chi connectivity index (χ1n) is 5.53. The van der Waals surface area contributed by atoms with E-state index in [1.54, 1.807) is 0 Å². The summed E-state index contributed by atoms with van der Waals surface area (Å²) in [6.07, 6.45) is 2.61. The maximum atomic E-state index is 11.8. The summed E-state index contributed by atoms with van der Waals surface area (Å²) in [6.45, 7) is 2.12. The molecule has 1 aromatic rings. The van der Waals surface area contributed by atoms with Gasteiger partial charge in [-0.15, -0.1) is 0 Å². The fraction of sp³-hybridized carbons (Fsp3) is 0.545. The molecule has 0 radical (unpaired) electrons. The van der Waals surface area contributed by atoms with Gasteiger partial charge in [-0.25, -0.2) is 4.98 Å². The van der Waals surface area contributed by atoms with Crippen LogP contribution in [0, 0.1) is 5.92 Å². The second-order valence-corrected chi connectivity index (χ2v) is 5.29. The molecule has 0 fully saturated rings. The van der Waals surface area contributed by atoms with E-state index < -0.39 is 5.97 Å². The van der Waals surface area contributed by atoms with Crippen LogP contribution in [0.4, 0.5) is 0 Å². The molecule has 17 heavy (non-hydrogen) atoms. The van der Waals surface area contributed by atoms with Crippen LogP contribution >= 0.6 is 11.8 Å². The van der Waals surface area contributed by atoms with E-state index in [1.807, 2.05) is 0 Å².